The average Bonchev–Trinajstić information content (AvgIpc) is 2.20. The Kier molecular flexibility index (Phi) is 8.57. The molecule has 0 radical (unpaired) electrons. The van der Waals surface area contributed by atoms with Gasteiger partial charge in [0.1, 0.15) is 0 Å². The van der Waals surface area contributed by atoms with Crippen molar-refractivity contribution in [1.29, 1.82) is 0 Å². The Labute approximate surface area is 86.9 Å². The molecule has 0 aliphatic carbocycles. The lowest BCUT2D eigenvalue weighted by Crippen LogP contribution is -2.25. The van der Waals surface area contributed by atoms with Crippen LogP contribution >= 0.6 is 0 Å². The normalized spacial score (nSPS) is 11.5. The van der Waals surface area contributed by atoms with Crippen molar-refractivity contribution >= 4 is 6.34 Å². The Morgan fingerprint density at radius 2 is 1.64 bits per heavy atom. The summed E-state index contributed by atoms with van der Waals surface area (Å²) in [5.41, 5.74) is 0. The van der Waals surface area contributed by atoms with Crippen molar-refractivity contribution in [2.75, 3.05) is 27.3 Å². The van der Waals surface area contributed by atoms with Gasteiger partial charge in [0, 0.05) is 27.3 Å². The van der Waals surface area contributed by atoms with Crippen LogP contribution < -0.4 is 0 Å². The van der Waals surface area contributed by atoms with Gasteiger partial charge in [-0.25, -0.2) is 4.99 Å². The van der Waals surface area contributed by atoms with Crippen molar-refractivity contribution in [2.45, 2.75) is 33.1 Å². The van der Waals surface area contributed by atoms with Crippen molar-refractivity contribution in [3.8, 4) is 0 Å². The number of aliphatic imine (C=N–C) groups is 1. The summed E-state index contributed by atoms with van der Waals surface area (Å²) in [5.74, 6) is 0. The first-order valence-corrected chi connectivity index (χ1v) is 5.11. The van der Waals surface area contributed by atoms with E-state index in [1.165, 1.54) is 0 Å². The highest BCUT2D eigenvalue weighted by Gasteiger charge is 2.01. The smallest absolute Gasteiger partial charge is 0.259 e. The van der Waals surface area contributed by atoms with Gasteiger partial charge in [0.05, 0.1) is 6.34 Å². The highest BCUT2D eigenvalue weighted by Crippen LogP contribution is 1.95. The van der Waals surface area contributed by atoms with E-state index in [2.05, 4.69) is 23.7 Å². The van der Waals surface area contributed by atoms with E-state index in [-0.39, 0.29) is 0 Å². The monoisotopic (exact) mass is 202 g/mol. The molecule has 0 aromatic carbocycles. The molecule has 4 heteroatoms. The molecule has 0 unspecified atom stereocenters. The summed E-state index contributed by atoms with van der Waals surface area (Å²) in [6.07, 6.45) is 3.57. The average molecular weight is 202 g/mol. The third-order valence-corrected chi connectivity index (χ3v) is 1.78. The minimum Gasteiger partial charge on any atom is -0.363 e. The van der Waals surface area contributed by atoms with Gasteiger partial charge in [0.25, 0.3) is 6.41 Å². The minimum atomic E-state index is -0.480. The predicted molar refractivity (Wildman–Crippen MR) is 58.5 cm³/mol. The van der Waals surface area contributed by atoms with Crippen LogP contribution in [0.3, 0.4) is 0 Å². The summed E-state index contributed by atoms with van der Waals surface area (Å²) in [4.78, 5) is 6.33. The van der Waals surface area contributed by atoms with Gasteiger partial charge in [-0.3, -0.25) is 0 Å². The zero-order valence-corrected chi connectivity index (χ0v) is 9.69. The summed E-state index contributed by atoms with van der Waals surface area (Å²) in [5, 5.41) is 0. The van der Waals surface area contributed by atoms with Crippen LogP contribution in [0.4, 0.5) is 0 Å². The number of hydrogen-bond donors (Lipinski definition) is 0. The van der Waals surface area contributed by atoms with Gasteiger partial charge in [-0.15, -0.1) is 0 Å². The number of rotatable bonds is 8. The second-order valence-corrected chi connectivity index (χ2v) is 3.08. The summed E-state index contributed by atoms with van der Waals surface area (Å²) in [7, 11) is 3.16. The van der Waals surface area contributed by atoms with Crippen LogP contribution in [0, 0.1) is 0 Å². The van der Waals surface area contributed by atoms with Crippen LogP contribution in [0.5, 0.6) is 0 Å². The van der Waals surface area contributed by atoms with E-state index in [0.717, 1.165) is 25.9 Å². The Morgan fingerprint density at radius 3 is 2.00 bits per heavy atom. The number of ether oxygens (including phenoxy) is 2. The topological polar surface area (TPSA) is 34.1 Å². The van der Waals surface area contributed by atoms with E-state index in [0.29, 0.717) is 0 Å². The van der Waals surface area contributed by atoms with Crippen LogP contribution in [0.15, 0.2) is 4.99 Å². The van der Waals surface area contributed by atoms with Gasteiger partial charge in [-0.2, -0.15) is 0 Å². The summed E-state index contributed by atoms with van der Waals surface area (Å²) in [6, 6.07) is 0. The largest absolute Gasteiger partial charge is 0.363 e. The molecule has 0 rings (SSSR count). The second kappa shape index (κ2) is 8.97. The van der Waals surface area contributed by atoms with E-state index in [1.807, 2.05) is 6.34 Å². The third-order valence-electron chi connectivity index (χ3n) is 1.78. The van der Waals surface area contributed by atoms with Gasteiger partial charge < -0.3 is 14.4 Å². The van der Waals surface area contributed by atoms with E-state index in [4.69, 9.17) is 9.47 Å². The maximum atomic E-state index is 4.96. The summed E-state index contributed by atoms with van der Waals surface area (Å²) < 4.78 is 9.92. The highest BCUT2D eigenvalue weighted by atomic mass is 16.7. The Bertz CT molecular complexity index is 141. The molecule has 0 saturated carbocycles. The van der Waals surface area contributed by atoms with Crippen LogP contribution in [0.1, 0.15) is 26.7 Å². The molecule has 0 heterocycles. The van der Waals surface area contributed by atoms with Gasteiger partial charge >= 0.3 is 0 Å². The molecule has 0 aliphatic rings. The number of methoxy groups -OCH3 is 2. The molecule has 0 aliphatic heterocycles. The van der Waals surface area contributed by atoms with E-state index in [9.17, 15) is 0 Å². The summed E-state index contributed by atoms with van der Waals surface area (Å²) >= 11 is 0. The fourth-order valence-electron chi connectivity index (χ4n) is 1.17. The molecule has 0 saturated heterocycles. The first-order valence-electron chi connectivity index (χ1n) is 5.11. The molecule has 0 amide bonds. The number of hydrogen-bond acceptors (Lipinski definition) is 3. The van der Waals surface area contributed by atoms with E-state index < -0.39 is 6.41 Å². The molecule has 0 fully saturated rings. The fraction of sp³-hybridized carbons (Fsp3) is 0.900. The second-order valence-electron chi connectivity index (χ2n) is 3.08. The quantitative estimate of drug-likeness (QED) is 0.341. The zero-order valence-electron chi connectivity index (χ0n) is 9.69. The fourth-order valence-corrected chi connectivity index (χ4v) is 1.17. The molecular weight excluding hydrogens is 180 g/mol. The minimum absolute atomic E-state index is 0.480. The van der Waals surface area contributed by atoms with Gasteiger partial charge in [0.15, 0.2) is 0 Å². The molecule has 4 nitrogen and oxygen atoms in total. The SMILES string of the molecule is CCCN(C=NC(OC)OC)CCC. The van der Waals surface area contributed by atoms with Gasteiger partial charge in [-0.1, -0.05) is 13.8 Å². The molecule has 0 atom stereocenters. The summed E-state index contributed by atoms with van der Waals surface area (Å²) in [6.45, 7) is 6.36. The predicted octanol–water partition coefficient (Wildman–Crippen LogP) is 1.71. The first kappa shape index (κ1) is 13.4. The Balaban J connectivity index is 3.97. The maximum Gasteiger partial charge on any atom is 0.259 e. The lowest BCUT2D eigenvalue weighted by molar-refractivity contribution is -0.0947. The molecule has 0 aromatic heterocycles. The molecule has 0 N–H and O–H groups in total. The van der Waals surface area contributed by atoms with Crippen molar-refractivity contribution in [3.05, 3.63) is 0 Å². The molecule has 14 heavy (non-hydrogen) atoms. The molecule has 0 bridgehead atoms. The van der Waals surface area contributed by atoms with Crippen LogP contribution in [0.25, 0.3) is 0 Å². The van der Waals surface area contributed by atoms with Crippen molar-refractivity contribution in [2.24, 2.45) is 4.99 Å². The van der Waals surface area contributed by atoms with Crippen molar-refractivity contribution < 1.29 is 9.47 Å². The van der Waals surface area contributed by atoms with Crippen LogP contribution in [-0.4, -0.2) is 45.0 Å². The van der Waals surface area contributed by atoms with Crippen molar-refractivity contribution in [3.63, 3.8) is 0 Å². The molecular formula is C10H22N2O2. The standard InChI is InChI=1S/C10H22N2O2/c1-5-7-12(8-6-2)9-11-10(13-3)14-4/h9-10H,5-8H2,1-4H3. The molecule has 0 aromatic rings. The van der Waals surface area contributed by atoms with Crippen molar-refractivity contribution in [1.82, 2.24) is 4.90 Å². The molecule has 84 valence electrons. The van der Waals surface area contributed by atoms with E-state index in [1.54, 1.807) is 14.2 Å². The molecule has 0 spiro atoms. The zero-order chi connectivity index (χ0) is 10.8. The van der Waals surface area contributed by atoms with Crippen LogP contribution in [0.2, 0.25) is 0 Å². The first-order chi connectivity index (χ1) is 6.78. The Hall–Kier alpha value is -0.610. The number of nitrogens with zero attached hydrogens (tertiary/aromatic N) is 2. The Morgan fingerprint density at radius 1 is 1.14 bits per heavy atom. The lowest BCUT2D eigenvalue weighted by Gasteiger charge is -2.18. The maximum absolute atomic E-state index is 4.96. The lowest BCUT2D eigenvalue weighted by atomic mass is 10.4. The third kappa shape index (κ3) is 5.94. The van der Waals surface area contributed by atoms with Gasteiger partial charge in [0.2, 0.25) is 0 Å². The van der Waals surface area contributed by atoms with Crippen LogP contribution in [-0.2, 0) is 9.47 Å². The highest BCUT2D eigenvalue weighted by molar-refractivity contribution is 5.54. The van der Waals surface area contributed by atoms with E-state index >= 15 is 0 Å². The van der Waals surface area contributed by atoms with Gasteiger partial charge in [-0.05, 0) is 12.8 Å².